The largest absolute Gasteiger partial charge is 0.317 e. The van der Waals surface area contributed by atoms with E-state index in [9.17, 15) is 4.79 Å². The van der Waals surface area contributed by atoms with Crippen LogP contribution in [0.1, 0.15) is 28.4 Å². The minimum absolute atomic E-state index is 0.180. The second-order valence-corrected chi connectivity index (χ2v) is 7.48. The monoisotopic (exact) mass is 360 g/mol. The molecule has 0 aliphatic rings. The summed E-state index contributed by atoms with van der Waals surface area (Å²) >= 11 is 1.59. The molecule has 0 fully saturated rings. The first kappa shape index (κ1) is 16.7. The number of amides is 1. The fraction of sp³-hybridized carbons (Fsp3) is 0.182. The summed E-state index contributed by atoms with van der Waals surface area (Å²) in [6.45, 7) is 6.85. The molecule has 0 radical (unpaired) electrons. The van der Waals surface area contributed by atoms with Gasteiger partial charge in [0.15, 0.2) is 4.80 Å². The molecular formula is C22H20N2OS. The molecule has 4 heteroatoms. The number of carbonyl (C=O) groups excluding carboxylic acids is 1. The number of thiazole rings is 1. The molecule has 4 aromatic rings. The van der Waals surface area contributed by atoms with E-state index >= 15 is 0 Å². The molecule has 26 heavy (non-hydrogen) atoms. The average molecular weight is 360 g/mol. The summed E-state index contributed by atoms with van der Waals surface area (Å²) in [6, 6.07) is 18.4. The van der Waals surface area contributed by atoms with Crippen molar-refractivity contribution in [3.63, 3.8) is 0 Å². The molecule has 1 aromatic heterocycles. The summed E-state index contributed by atoms with van der Waals surface area (Å²) in [5.41, 5.74) is 3.91. The van der Waals surface area contributed by atoms with E-state index in [1.807, 2.05) is 38.1 Å². The molecule has 130 valence electrons. The van der Waals surface area contributed by atoms with E-state index in [1.54, 1.807) is 11.3 Å². The van der Waals surface area contributed by atoms with Crippen LogP contribution in [0.5, 0.6) is 0 Å². The summed E-state index contributed by atoms with van der Waals surface area (Å²) in [7, 11) is 0. The first-order chi connectivity index (χ1) is 12.6. The Bertz CT molecular complexity index is 1210. The first-order valence-electron chi connectivity index (χ1n) is 8.76. The van der Waals surface area contributed by atoms with Crippen LogP contribution < -0.4 is 4.80 Å². The van der Waals surface area contributed by atoms with Crippen molar-refractivity contribution < 1.29 is 4.79 Å². The van der Waals surface area contributed by atoms with Crippen LogP contribution >= 0.6 is 11.3 Å². The number of carbonyl (C=O) groups is 1. The molecule has 0 spiro atoms. The molecule has 0 bridgehead atoms. The second kappa shape index (κ2) is 6.54. The maximum Gasteiger partial charge on any atom is 0.279 e. The van der Waals surface area contributed by atoms with E-state index in [1.165, 1.54) is 15.5 Å². The van der Waals surface area contributed by atoms with Crippen molar-refractivity contribution in [2.45, 2.75) is 27.3 Å². The van der Waals surface area contributed by atoms with Crippen molar-refractivity contribution in [3.05, 3.63) is 76.1 Å². The van der Waals surface area contributed by atoms with Gasteiger partial charge in [-0.05, 0) is 43.9 Å². The molecule has 0 aliphatic heterocycles. The topological polar surface area (TPSA) is 34.4 Å². The molecular weight excluding hydrogens is 340 g/mol. The van der Waals surface area contributed by atoms with Crippen LogP contribution in [0.15, 0.2) is 59.6 Å². The Morgan fingerprint density at radius 1 is 1.08 bits per heavy atom. The van der Waals surface area contributed by atoms with Crippen LogP contribution in [0.25, 0.3) is 21.0 Å². The van der Waals surface area contributed by atoms with E-state index in [0.717, 1.165) is 28.0 Å². The van der Waals surface area contributed by atoms with Gasteiger partial charge in [-0.25, -0.2) is 0 Å². The van der Waals surface area contributed by atoms with Gasteiger partial charge in [-0.2, -0.15) is 4.99 Å². The van der Waals surface area contributed by atoms with Crippen LogP contribution in [0.2, 0.25) is 0 Å². The highest BCUT2D eigenvalue weighted by Gasteiger charge is 2.12. The molecule has 0 unspecified atom stereocenters. The molecule has 3 nitrogen and oxygen atoms in total. The van der Waals surface area contributed by atoms with E-state index in [4.69, 9.17) is 0 Å². The summed E-state index contributed by atoms with van der Waals surface area (Å²) in [4.78, 5) is 18.0. The van der Waals surface area contributed by atoms with Gasteiger partial charge in [-0.15, -0.1) is 0 Å². The number of fused-ring (bicyclic) bond motifs is 3. The van der Waals surface area contributed by atoms with Gasteiger partial charge in [0.05, 0.1) is 10.2 Å². The lowest BCUT2D eigenvalue weighted by atomic mass is 10.1. The lowest BCUT2D eigenvalue weighted by molar-refractivity contribution is 0.0997. The van der Waals surface area contributed by atoms with Crippen LogP contribution in [0, 0.1) is 13.8 Å². The molecule has 3 aromatic carbocycles. The highest BCUT2D eigenvalue weighted by atomic mass is 32.1. The number of aryl methyl sites for hydroxylation is 3. The molecule has 4 rings (SSSR count). The second-order valence-electron chi connectivity index (χ2n) is 6.50. The van der Waals surface area contributed by atoms with Crippen LogP contribution in [0.4, 0.5) is 0 Å². The summed E-state index contributed by atoms with van der Waals surface area (Å²) < 4.78 is 3.30. The Morgan fingerprint density at radius 2 is 1.88 bits per heavy atom. The van der Waals surface area contributed by atoms with Crippen molar-refractivity contribution in [1.82, 2.24) is 4.57 Å². The molecule has 1 heterocycles. The van der Waals surface area contributed by atoms with E-state index in [-0.39, 0.29) is 5.91 Å². The highest BCUT2D eigenvalue weighted by molar-refractivity contribution is 7.17. The van der Waals surface area contributed by atoms with E-state index < -0.39 is 0 Å². The van der Waals surface area contributed by atoms with Crippen molar-refractivity contribution >= 4 is 38.2 Å². The summed E-state index contributed by atoms with van der Waals surface area (Å²) in [5, 5.41) is 2.41. The SMILES string of the molecule is CCn1c(=NC(=O)c2ccc(C)cc2C)sc2c3ccccc3ccc21. The quantitative estimate of drug-likeness (QED) is 0.482. The van der Waals surface area contributed by atoms with Crippen LogP contribution in [-0.2, 0) is 6.54 Å². The summed E-state index contributed by atoms with van der Waals surface area (Å²) in [6.07, 6.45) is 0. The third-order valence-corrected chi connectivity index (χ3v) is 5.83. The van der Waals surface area contributed by atoms with Gasteiger partial charge >= 0.3 is 0 Å². The van der Waals surface area contributed by atoms with E-state index in [0.29, 0.717) is 5.56 Å². The standard InChI is InChI=1S/C22H20N2OS/c1-4-24-19-12-10-16-7-5-6-8-18(16)20(19)26-22(24)23-21(25)17-11-9-14(2)13-15(17)3/h5-13H,4H2,1-3H3. The molecule has 0 atom stereocenters. The number of hydrogen-bond donors (Lipinski definition) is 0. The number of aromatic nitrogens is 1. The zero-order chi connectivity index (χ0) is 18.3. The third-order valence-electron chi connectivity index (χ3n) is 4.70. The number of nitrogens with zero attached hydrogens (tertiary/aromatic N) is 2. The van der Waals surface area contributed by atoms with E-state index in [2.05, 4.69) is 46.8 Å². The van der Waals surface area contributed by atoms with Crippen molar-refractivity contribution in [3.8, 4) is 0 Å². The Morgan fingerprint density at radius 3 is 2.65 bits per heavy atom. The Kier molecular flexibility index (Phi) is 4.21. The smallest absolute Gasteiger partial charge is 0.279 e. The zero-order valence-electron chi connectivity index (χ0n) is 15.1. The fourth-order valence-corrected chi connectivity index (χ4v) is 4.62. The number of rotatable bonds is 2. The van der Waals surface area contributed by atoms with Crippen molar-refractivity contribution in [1.29, 1.82) is 0 Å². The minimum Gasteiger partial charge on any atom is -0.317 e. The van der Waals surface area contributed by atoms with Gasteiger partial charge in [0.25, 0.3) is 5.91 Å². The van der Waals surface area contributed by atoms with Gasteiger partial charge in [0.2, 0.25) is 0 Å². The van der Waals surface area contributed by atoms with Gasteiger partial charge in [0.1, 0.15) is 0 Å². The highest BCUT2D eigenvalue weighted by Crippen LogP contribution is 2.27. The summed E-state index contributed by atoms with van der Waals surface area (Å²) in [5.74, 6) is -0.180. The van der Waals surface area contributed by atoms with Crippen LogP contribution in [-0.4, -0.2) is 10.5 Å². The zero-order valence-corrected chi connectivity index (χ0v) is 15.9. The number of benzene rings is 3. The van der Waals surface area contributed by atoms with Gasteiger partial charge in [-0.3, -0.25) is 4.79 Å². The minimum atomic E-state index is -0.180. The van der Waals surface area contributed by atoms with Gasteiger partial charge < -0.3 is 4.57 Å². The lowest BCUT2D eigenvalue weighted by Gasteiger charge is -2.03. The molecule has 0 saturated carbocycles. The molecule has 0 N–H and O–H groups in total. The maximum absolute atomic E-state index is 12.8. The lowest BCUT2D eigenvalue weighted by Crippen LogP contribution is -2.16. The predicted octanol–water partition coefficient (Wildman–Crippen LogP) is 5.23. The maximum atomic E-state index is 12.8. The van der Waals surface area contributed by atoms with Gasteiger partial charge in [0, 0.05) is 17.5 Å². The van der Waals surface area contributed by atoms with Crippen molar-refractivity contribution in [2.24, 2.45) is 4.99 Å². The van der Waals surface area contributed by atoms with Crippen molar-refractivity contribution in [2.75, 3.05) is 0 Å². The normalized spacial score (nSPS) is 12.2. The Hall–Kier alpha value is -2.72. The third kappa shape index (κ3) is 2.76. The fourth-order valence-electron chi connectivity index (χ4n) is 3.39. The Balaban J connectivity index is 1.94. The Labute approximate surface area is 156 Å². The van der Waals surface area contributed by atoms with Gasteiger partial charge in [-0.1, -0.05) is 59.4 Å². The first-order valence-corrected chi connectivity index (χ1v) is 9.57. The number of hydrogen-bond acceptors (Lipinski definition) is 2. The predicted molar refractivity (Wildman–Crippen MR) is 109 cm³/mol. The van der Waals surface area contributed by atoms with Crippen LogP contribution in [0.3, 0.4) is 0 Å². The average Bonchev–Trinajstić information content (AvgIpc) is 2.99. The molecule has 0 aliphatic carbocycles. The molecule has 1 amide bonds. The molecule has 0 saturated heterocycles.